The highest BCUT2D eigenvalue weighted by atomic mass is 16.4. The largest absolute Gasteiger partial charge is 0.478 e. The summed E-state index contributed by atoms with van der Waals surface area (Å²) in [6, 6.07) is 13.5. The quantitative estimate of drug-likeness (QED) is 0.669. The fraction of sp³-hybridized carbons (Fsp3) is 0.348. The molecule has 0 aliphatic heterocycles. The van der Waals surface area contributed by atoms with Crippen LogP contribution in [0.3, 0.4) is 0 Å². The van der Waals surface area contributed by atoms with E-state index in [9.17, 15) is 4.79 Å². The SMILES string of the molecule is CC(=Cc1cc(C)c(-c2ccc(NC3CCCC3)cc2)cc1C)C(=O)O. The Morgan fingerprint density at radius 3 is 2.35 bits per heavy atom. The van der Waals surface area contributed by atoms with Crippen LogP contribution in [0, 0.1) is 13.8 Å². The molecule has 2 N–H and O–H groups in total. The number of carboxylic acids is 1. The van der Waals surface area contributed by atoms with Crippen molar-refractivity contribution in [3.05, 3.63) is 58.7 Å². The third-order valence-corrected chi connectivity index (χ3v) is 5.24. The Bertz CT molecular complexity index is 828. The van der Waals surface area contributed by atoms with Crippen molar-refractivity contribution in [3.63, 3.8) is 0 Å². The van der Waals surface area contributed by atoms with E-state index in [2.05, 4.69) is 48.6 Å². The predicted octanol–water partition coefficient (Wildman–Crippen LogP) is 5.81. The van der Waals surface area contributed by atoms with Crippen molar-refractivity contribution >= 4 is 17.7 Å². The maximum absolute atomic E-state index is 11.1. The summed E-state index contributed by atoms with van der Waals surface area (Å²) in [5.74, 6) is -0.878. The lowest BCUT2D eigenvalue weighted by molar-refractivity contribution is -0.132. The van der Waals surface area contributed by atoms with Crippen molar-refractivity contribution in [2.75, 3.05) is 5.32 Å². The molecule has 1 aliphatic rings. The van der Waals surface area contributed by atoms with E-state index < -0.39 is 5.97 Å². The second-order valence-corrected chi connectivity index (χ2v) is 7.36. The zero-order valence-corrected chi connectivity index (χ0v) is 15.8. The number of hydrogen-bond donors (Lipinski definition) is 2. The highest BCUT2D eigenvalue weighted by molar-refractivity contribution is 5.92. The van der Waals surface area contributed by atoms with Crippen LogP contribution >= 0.6 is 0 Å². The molecule has 0 saturated heterocycles. The van der Waals surface area contributed by atoms with Gasteiger partial charge >= 0.3 is 5.97 Å². The fourth-order valence-corrected chi connectivity index (χ4v) is 3.65. The van der Waals surface area contributed by atoms with Gasteiger partial charge in [0.05, 0.1) is 0 Å². The molecule has 0 atom stereocenters. The van der Waals surface area contributed by atoms with Crippen LogP contribution in [0.15, 0.2) is 42.0 Å². The van der Waals surface area contributed by atoms with E-state index >= 15 is 0 Å². The van der Waals surface area contributed by atoms with Gasteiger partial charge in [-0.25, -0.2) is 4.79 Å². The van der Waals surface area contributed by atoms with Crippen LogP contribution in [-0.4, -0.2) is 17.1 Å². The summed E-state index contributed by atoms with van der Waals surface area (Å²) < 4.78 is 0. The molecule has 0 heterocycles. The minimum Gasteiger partial charge on any atom is -0.478 e. The van der Waals surface area contributed by atoms with Gasteiger partial charge < -0.3 is 10.4 Å². The number of aliphatic carboxylic acids is 1. The highest BCUT2D eigenvalue weighted by Crippen LogP contribution is 2.29. The molecule has 3 heteroatoms. The van der Waals surface area contributed by atoms with Crippen molar-refractivity contribution in [3.8, 4) is 11.1 Å². The summed E-state index contributed by atoms with van der Waals surface area (Å²) in [6.07, 6.45) is 6.94. The molecule has 0 amide bonds. The first-order valence-corrected chi connectivity index (χ1v) is 9.34. The van der Waals surface area contributed by atoms with Crippen LogP contribution in [0.4, 0.5) is 5.69 Å². The molecule has 0 radical (unpaired) electrons. The van der Waals surface area contributed by atoms with Crippen molar-refractivity contribution < 1.29 is 9.90 Å². The van der Waals surface area contributed by atoms with Crippen LogP contribution in [-0.2, 0) is 4.79 Å². The lowest BCUT2D eigenvalue weighted by Crippen LogP contribution is -2.14. The fourth-order valence-electron chi connectivity index (χ4n) is 3.65. The molecule has 1 saturated carbocycles. The van der Waals surface area contributed by atoms with E-state index in [1.54, 1.807) is 13.0 Å². The van der Waals surface area contributed by atoms with Gasteiger partial charge in [-0.15, -0.1) is 0 Å². The summed E-state index contributed by atoms with van der Waals surface area (Å²) in [5.41, 5.74) is 7.11. The monoisotopic (exact) mass is 349 g/mol. The topological polar surface area (TPSA) is 49.3 Å². The van der Waals surface area contributed by atoms with Gasteiger partial charge in [0.1, 0.15) is 0 Å². The Balaban J connectivity index is 1.83. The summed E-state index contributed by atoms with van der Waals surface area (Å²) in [4.78, 5) is 11.1. The lowest BCUT2D eigenvalue weighted by Gasteiger charge is -2.15. The smallest absolute Gasteiger partial charge is 0.331 e. The standard InChI is InChI=1S/C23H27NO2/c1-15-14-22(16(2)12-19(15)13-17(3)23(25)26)18-8-10-21(11-9-18)24-20-6-4-5-7-20/h8-14,20,24H,4-7H2,1-3H3,(H,25,26). The van der Waals surface area contributed by atoms with Gasteiger partial charge in [-0.2, -0.15) is 0 Å². The van der Waals surface area contributed by atoms with Crippen LogP contribution < -0.4 is 5.32 Å². The average Bonchev–Trinajstić information content (AvgIpc) is 3.11. The summed E-state index contributed by atoms with van der Waals surface area (Å²) in [6.45, 7) is 5.73. The summed E-state index contributed by atoms with van der Waals surface area (Å²) in [7, 11) is 0. The van der Waals surface area contributed by atoms with Gasteiger partial charge in [-0.1, -0.05) is 37.1 Å². The minimum atomic E-state index is -0.878. The number of anilines is 1. The molecule has 0 aromatic heterocycles. The normalized spacial score (nSPS) is 15.3. The predicted molar refractivity (Wildman–Crippen MR) is 109 cm³/mol. The summed E-state index contributed by atoms with van der Waals surface area (Å²) in [5, 5.41) is 12.7. The highest BCUT2D eigenvalue weighted by Gasteiger charge is 2.14. The number of aryl methyl sites for hydroxylation is 2. The number of hydrogen-bond acceptors (Lipinski definition) is 2. The van der Waals surface area contributed by atoms with Crippen molar-refractivity contribution in [1.29, 1.82) is 0 Å². The number of rotatable bonds is 5. The molecule has 3 nitrogen and oxygen atoms in total. The minimum absolute atomic E-state index is 0.350. The third-order valence-electron chi connectivity index (χ3n) is 5.24. The van der Waals surface area contributed by atoms with Crippen LogP contribution in [0.25, 0.3) is 17.2 Å². The maximum Gasteiger partial charge on any atom is 0.331 e. The number of carboxylic acid groups (broad SMARTS) is 1. The van der Waals surface area contributed by atoms with E-state index in [0.717, 1.165) is 16.7 Å². The molecular weight excluding hydrogens is 322 g/mol. The van der Waals surface area contributed by atoms with Crippen LogP contribution in [0.1, 0.15) is 49.3 Å². The van der Waals surface area contributed by atoms with Gasteiger partial charge in [0.15, 0.2) is 0 Å². The Morgan fingerprint density at radius 1 is 1.08 bits per heavy atom. The molecule has 1 fully saturated rings. The lowest BCUT2D eigenvalue weighted by atomic mass is 9.94. The van der Waals surface area contributed by atoms with Gasteiger partial charge in [0.25, 0.3) is 0 Å². The molecule has 0 unspecified atom stereocenters. The van der Waals surface area contributed by atoms with E-state index in [-0.39, 0.29) is 0 Å². The van der Waals surface area contributed by atoms with E-state index in [0.29, 0.717) is 11.6 Å². The number of benzene rings is 2. The molecule has 2 aromatic rings. The van der Waals surface area contributed by atoms with Gasteiger partial charge in [0.2, 0.25) is 0 Å². The van der Waals surface area contributed by atoms with Gasteiger partial charge in [0, 0.05) is 17.3 Å². The van der Waals surface area contributed by atoms with E-state index in [1.165, 1.54) is 42.5 Å². The first kappa shape index (κ1) is 18.2. The Morgan fingerprint density at radius 2 is 1.73 bits per heavy atom. The number of nitrogens with one attached hydrogen (secondary N) is 1. The van der Waals surface area contributed by atoms with Crippen molar-refractivity contribution in [2.45, 2.75) is 52.5 Å². The van der Waals surface area contributed by atoms with E-state index in [4.69, 9.17) is 5.11 Å². The molecule has 1 aliphatic carbocycles. The molecule has 136 valence electrons. The zero-order valence-electron chi connectivity index (χ0n) is 15.8. The molecular formula is C23H27NO2. The third kappa shape index (κ3) is 4.16. The second-order valence-electron chi connectivity index (χ2n) is 7.36. The Hall–Kier alpha value is -2.55. The summed E-state index contributed by atoms with van der Waals surface area (Å²) >= 11 is 0. The Kier molecular flexibility index (Phi) is 5.46. The van der Waals surface area contributed by atoms with Crippen molar-refractivity contribution in [2.24, 2.45) is 0 Å². The number of carbonyl (C=O) groups is 1. The van der Waals surface area contributed by atoms with Crippen LogP contribution in [0.2, 0.25) is 0 Å². The van der Waals surface area contributed by atoms with Gasteiger partial charge in [-0.05, 0) is 79.6 Å². The molecule has 2 aromatic carbocycles. The first-order valence-electron chi connectivity index (χ1n) is 9.34. The molecule has 26 heavy (non-hydrogen) atoms. The molecule has 0 spiro atoms. The Labute approximate surface area is 155 Å². The van der Waals surface area contributed by atoms with Crippen LogP contribution in [0.5, 0.6) is 0 Å². The average molecular weight is 349 g/mol. The van der Waals surface area contributed by atoms with E-state index in [1.807, 2.05) is 6.92 Å². The van der Waals surface area contributed by atoms with Crippen molar-refractivity contribution in [1.82, 2.24) is 0 Å². The van der Waals surface area contributed by atoms with Gasteiger partial charge in [-0.3, -0.25) is 0 Å². The zero-order chi connectivity index (χ0) is 18.7. The molecule has 0 bridgehead atoms. The second kappa shape index (κ2) is 7.77. The molecule has 3 rings (SSSR count). The maximum atomic E-state index is 11.1. The first-order chi connectivity index (χ1) is 12.4.